The first kappa shape index (κ1) is 15.2. The van der Waals surface area contributed by atoms with Crippen molar-refractivity contribution in [1.82, 2.24) is 4.90 Å². The van der Waals surface area contributed by atoms with Gasteiger partial charge in [0.1, 0.15) is 0 Å². The molecule has 3 nitrogen and oxygen atoms in total. The third-order valence-electron chi connectivity index (χ3n) is 2.25. The Bertz CT molecular complexity index is 217. The highest BCUT2D eigenvalue weighted by atomic mass is 19.4. The van der Waals surface area contributed by atoms with Gasteiger partial charge in [-0.05, 0) is 26.8 Å². The minimum Gasteiger partial charge on any atom is -0.481 e. The molecule has 0 saturated carbocycles. The van der Waals surface area contributed by atoms with Crippen LogP contribution in [0.4, 0.5) is 13.2 Å². The fourth-order valence-electron chi connectivity index (χ4n) is 1.33. The average molecular weight is 241 g/mol. The second-order valence-corrected chi connectivity index (χ2v) is 3.99. The Labute approximate surface area is 93.2 Å². The van der Waals surface area contributed by atoms with Gasteiger partial charge in [0, 0.05) is 19.0 Å². The maximum absolute atomic E-state index is 12.0. The molecule has 0 unspecified atom stereocenters. The molecular formula is C10H18F3NO2. The Balaban J connectivity index is 3.94. The SMILES string of the molecule is CC(C)N(CCCC(=O)O)CCC(F)(F)F. The van der Waals surface area contributed by atoms with E-state index in [0.29, 0.717) is 13.0 Å². The smallest absolute Gasteiger partial charge is 0.390 e. The van der Waals surface area contributed by atoms with Crippen LogP contribution in [0.5, 0.6) is 0 Å². The lowest BCUT2D eigenvalue weighted by molar-refractivity contribution is -0.140. The summed E-state index contributed by atoms with van der Waals surface area (Å²) in [5.74, 6) is -0.917. The molecule has 0 heterocycles. The second-order valence-electron chi connectivity index (χ2n) is 3.99. The van der Waals surface area contributed by atoms with Crippen LogP contribution in [0, 0.1) is 0 Å². The lowest BCUT2D eigenvalue weighted by Gasteiger charge is -2.26. The lowest BCUT2D eigenvalue weighted by atomic mass is 10.2. The summed E-state index contributed by atoms with van der Waals surface area (Å²) in [5.41, 5.74) is 0. The molecule has 0 spiro atoms. The Kier molecular flexibility index (Phi) is 6.40. The summed E-state index contributed by atoms with van der Waals surface area (Å²) in [6.45, 7) is 3.93. The fraction of sp³-hybridized carbons (Fsp3) is 0.900. The molecule has 0 saturated heterocycles. The molecule has 0 aromatic rings. The van der Waals surface area contributed by atoms with E-state index in [2.05, 4.69) is 0 Å². The normalized spacial score (nSPS) is 12.4. The van der Waals surface area contributed by atoms with Crippen LogP contribution in [0.15, 0.2) is 0 Å². The molecule has 1 N–H and O–H groups in total. The van der Waals surface area contributed by atoms with Gasteiger partial charge in [0.25, 0.3) is 0 Å². The van der Waals surface area contributed by atoms with Crippen molar-refractivity contribution in [3.8, 4) is 0 Å². The van der Waals surface area contributed by atoms with Crippen LogP contribution in [0.1, 0.15) is 33.1 Å². The summed E-state index contributed by atoms with van der Waals surface area (Å²) in [7, 11) is 0. The van der Waals surface area contributed by atoms with Crippen LogP contribution >= 0.6 is 0 Å². The predicted octanol–water partition coefficient (Wildman–Crippen LogP) is 2.51. The second kappa shape index (κ2) is 6.73. The molecule has 6 heteroatoms. The first-order valence-corrected chi connectivity index (χ1v) is 5.25. The van der Waals surface area contributed by atoms with Crippen LogP contribution in [0.3, 0.4) is 0 Å². The summed E-state index contributed by atoms with van der Waals surface area (Å²) in [6, 6.07) is -0.00357. The van der Waals surface area contributed by atoms with E-state index in [9.17, 15) is 18.0 Å². The monoisotopic (exact) mass is 241 g/mol. The number of hydrogen-bond acceptors (Lipinski definition) is 2. The predicted molar refractivity (Wildman–Crippen MR) is 54.3 cm³/mol. The van der Waals surface area contributed by atoms with Crippen molar-refractivity contribution < 1.29 is 23.1 Å². The Hall–Kier alpha value is -0.780. The molecule has 96 valence electrons. The third-order valence-corrected chi connectivity index (χ3v) is 2.25. The number of aliphatic carboxylic acids is 1. The van der Waals surface area contributed by atoms with E-state index in [-0.39, 0.29) is 19.0 Å². The Morgan fingerprint density at radius 2 is 1.88 bits per heavy atom. The number of rotatable bonds is 7. The van der Waals surface area contributed by atoms with Gasteiger partial charge < -0.3 is 10.0 Å². The van der Waals surface area contributed by atoms with Gasteiger partial charge >= 0.3 is 12.1 Å². The lowest BCUT2D eigenvalue weighted by Crippen LogP contribution is -2.35. The van der Waals surface area contributed by atoms with Crippen LogP contribution in [-0.4, -0.2) is 41.3 Å². The van der Waals surface area contributed by atoms with Crippen molar-refractivity contribution in [2.45, 2.75) is 45.3 Å². The standard InChI is InChI=1S/C10H18F3NO2/c1-8(2)14(6-3-4-9(15)16)7-5-10(11,12)13/h8H,3-7H2,1-2H3,(H,15,16). The maximum Gasteiger partial charge on any atom is 0.390 e. The molecule has 16 heavy (non-hydrogen) atoms. The molecule has 0 aliphatic carbocycles. The number of carboxylic acid groups (broad SMARTS) is 1. The minimum absolute atomic E-state index is 0.00357. The Morgan fingerprint density at radius 3 is 2.25 bits per heavy atom. The fourth-order valence-corrected chi connectivity index (χ4v) is 1.33. The molecule has 0 aliphatic heterocycles. The first-order valence-electron chi connectivity index (χ1n) is 5.25. The van der Waals surface area contributed by atoms with Gasteiger partial charge in [-0.15, -0.1) is 0 Å². The summed E-state index contributed by atoms with van der Waals surface area (Å²) in [5, 5.41) is 8.43. The molecule has 0 aromatic heterocycles. The first-order chi connectivity index (χ1) is 7.22. The summed E-state index contributed by atoms with van der Waals surface area (Å²) in [4.78, 5) is 11.9. The summed E-state index contributed by atoms with van der Waals surface area (Å²) < 4.78 is 36.0. The van der Waals surface area contributed by atoms with Gasteiger partial charge in [-0.3, -0.25) is 4.79 Å². The van der Waals surface area contributed by atoms with Crippen molar-refractivity contribution in [3.05, 3.63) is 0 Å². The van der Waals surface area contributed by atoms with E-state index < -0.39 is 18.6 Å². The molecule has 0 fully saturated rings. The summed E-state index contributed by atoms with van der Waals surface area (Å²) in [6.07, 6.45) is -4.63. The molecule has 0 bridgehead atoms. The number of alkyl halides is 3. The molecule has 0 atom stereocenters. The van der Waals surface area contributed by atoms with Gasteiger partial charge in [-0.25, -0.2) is 0 Å². The van der Waals surface area contributed by atoms with Crippen molar-refractivity contribution in [2.24, 2.45) is 0 Å². The quantitative estimate of drug-likeness (QED) is 0.744. The third kappa shape index (κ3) is 8.52. The molecular weight excluding hydrogens is 223 g/mol. The number of hydrogen-bond donors (Lipinski definition) is 1. The van der Waals surface area contributed by atoms with Crippen LogP contribution < -0.4 is 0 Å². The molecule has 0 radical (unpaired) electrons. The number of carbonyl (C=O) groups is 1. The zero-order valence-electron chi connectivity index (χ0n) is 9.55. The van der Waals surface area contributed by atoms with Crippen molar-refractivity contribution in [3.63, 3.8) is 0 Å². The highest BCUT2D eigenvalue weighted by Gasteiger charge is 2.28. The van der Waals surface area contributed by atoms with Crippen molar-refractivity contribution in [1.29, 1.82) is 0 Å². The van der Waals surface area contributed by atoms with E-state index in [4.69, 9.17) is 5.11 Å². The number of carboxylic acids is 1. The van der Waals surface area contributed by atoms with Gasteiger partial charge in [-0.1, -0.05) is 0 Å². The maximum atomic E-state index is 12.0. The molecule has 0 aromatic carbocycles. The van der Waals surface area contributed by atoms with Gasteiger partial charge in [0.2, 0.25) is 0 Å². The average Bonchev–Trinajstić information content (AvgIpc) is 2.07. The van der Waals surface area contributed by atoms with Gasteiger partial charge in [0.15, 0.2) is 0 Å². The van der Waals surface area contributed by atoms with Crippen LogP contribution in [0.2, 0.25) is 0 Å². The van der Waals surface area contributed by atoms with E-state index >= 15 is 0 Å². The van der Waals surface area contributed by atoms with E-state index in [1.54, 1.807) is 18.7 Å². The zero-order chi connectivity index (χ0) is 12.8. The molecule has 0 amide bonds. The van der Waals surface area contributed by atoms with Crippen LogP contribution in [0.25, 0.3) is 0 Å². The Morgan fingerprint density at radius 1 is 1.31 bits per heavy atom. The largest absolute Gasteiger partial charge is 0.481 e. The molecule has 0 aliphatic rings. The van der Waals surface area contributed by atoms with Gasteiger partial charge in [0.05, 0.1) is 6.42 Å². The van der Waals surface area contributed by atoms with Crippen molar-refractivity contribution in [2.75, 3.05) is 13.1 Å². The number of nitrogens with zero attached hydrogens (tertiary/aromatic N) is 1. The van der Waals surface area contributed by atoms with E-state index in [0.717, 1.165) is 0 Å². The zero-order valence-corrected chi connectivity index (χ0v) is 9.55. The highest BCUT2D eigenvalue weighted by Crippen LogP contribution is 2.20. The van der Waals surface area contributed by atoms with E-state index in [1.165, 1.54) is 0 Å². The topological polar surface area (TPSA) is 40.5 Å². The van der Waals surface area contributed by atoms with Gasteiger partial charge in [-0.2, -0.15) is 13.2 Å². The summed E-state index contributed by atoms with van der Waals surface area (Å²) >= 11 is 0. The van der Waals surface area contributed by atoms with Crippen molar-refractivity contribution >= 4 is 5.97 Å². The van der Waals surface area contributed by atoms with Crippen LogP contribution in [-0.2, 0) is 4.79 Å². The highest BCUT2D eigenvalue weighted by molar-refractivity contribution is 5.66. The minimum atomic E-state index is -4.15. The van der Waals surface area contributed by atoms with E-state index in [1.807, 2.05) is 0 Å². The molecule has 0 rings (SSSR count). The number of halogens is 3.